The number of aryl methyl sites for hydroxylation is 1. The maximum Gasteiger partial charge on any atom is 0.251 e. The molecule has 1 atom stereocenters. The lowest BCUT2D eigenvalue weighted by Gasteiger charge is -2.40. The van der Waals surface area contributed by atoms with Crippen LogP contribution in [0.3, 0.4) is 0 Å². The van der Waals surface area contributed by atoms with Crippen molar-refractivity contribution in [2.45, 2.75) is 25.6 Å². The molecular weight excluding hydrogens is 274 g/mol. The van der Waals surface area contributed by atoms with Gasteiger partial charge in [0.05, 0.1) is 13.1 Å². The molecule has 1 unspecified atom stereocenters. The maximum absolute atomic E-state index is 11.9. The van der Waals surface area contributed by atoms with E-state index in [2.05, 4.69) is 0 Å². The molecule has 0 aliphatic carbocycles. The molecule has 1 aliphatic rings. The summed E-state index contributed by atoms with van der Waals surface area (Å²) < 4.78 is 5.79. The van der Waals surface area contributed by atoms with Gasteiger partial charge in [0.25, 0.3) is 5.91 Å². The van der Waals surface area contributed by atoms with E-state index >= 15 is 0 Å². The topological polar surface area (TPSA) is 49.8 Å². The van der Waals surface area contributed by atoms with E-state index in [9.17, 15) is 9.90 Å². The Bertz CT molecular complexity index is 460. The fourth-order valence-electron chi connectivity index (χ4n) is 2.14. The third-order valence-corrected chi connectivity index (χ3v) is 3.98. The van der Waals surface area contributed by atoms with Crippen molar-refractivity contribution in [3.8, 4) is 5.75 Å². The fourth-order valence-corrected chi connectivity index (χ4v) is 2.60. The summed E-state index contributed by atoms with van der Waals surface area (Å²) in [5.74, 6) is 1.46. The highest BCUT2D eigenvalue weighted by Gasteiger charge is 2.34. The Morgan fingerprint density at radius 2 is 2.30 bits per heavy atom. The highest BCUT2D eigenvalue weighted by Crippen LogP contribution is 2.20. The van der Waals surface area contributed by atoms with Crippen molar-refractivity contribution >= 4 is 17.7 Å². The molecule has 0 spiro atoms. The van der Waals surface area contributed by atoms with Crippen LogP contribution in [-0.2, 0) is 4.79 Å². The Kier molecular flexibility index (Phi) is 5.31. The van der Waals surface area contributed by atoms with Crippen molar-refractivity contribution in [1.29, 1.82) is 0 Å². The first-order valence-electron chi connectivity index (χ1n) is 6.79. The van der Waals surface area contributed by atoms with Crippen molar-refractivity contribution in [1.82, 2.24) is 4.90 Å². The van der Waals surface area contributed by atoms with Crippen LogP contribution in [0.5, 0.6) is 5.75 Å². The Balaban J connectivity index is 1.75. The lowest BCUT2D eigenvalue weighted by Crippen LogP contribution is -2.58. The number of rotatable bonds is 6. The van der Waals surface area contributed by atoms with Crippen LogP contribution in [0.1, 0.15) is 12.0 Å². The number of ether oxygens (including phenoxy) is 1. The maximum atomic E-state index is 11.9. The molecule has 0 radical (unpaired) electrons. The number of hydrogen-bond donors (Lipinski definition) is 1. The molecule has 1 saturated heterocycles. The van der Waals surface area contributed by atoms with Crippen molar-refractivity contribution < 1.29 is 14.6 Å². The monoisotopic (exact) mass is 295 g/mol. The van der Waals surface area contributed by atoms with Gasteiger partial charge in [0.2, 0.25) is 0 Å². The number of likely N-dealkylation sites (tertiary alicyclic amines) is 1. The summed E-state index contributed by atoms with van der Waals surface area (Å²) in [5.41, 5.74) is 1.15. The normalized spacial score (nSPS) is 16.6. The van der Waals surface area contributed by atoms with Crippen molar-refractivity contribution in [3.05, 3.63) is 29.8 Å². The molecule has 1 amide bonds. The number of amides is 1. The zero-order chi connectivity index (χ0) is 14.5. The van der Waals surface area contributed by atoms with Crippen LogP contribution in [0.15, 0.2) is 24.3 Å². The van der Waals surface area contributed by atoms with E-state index < -0.39 is 6.10 Å². The zero-order valence-corrected chi connectivity index (χ0v) is 12.7. The largest absolute Gasteiger partial charge is 0.487 e. The molecule has 1 N–H and O–H groups in total. The van der Waals surface area contributed by atoms with Crippen LogP contribution >= 0.6 is 11.8 Å². The lowest BCUT2D eigenvalue weighted by atomic mass is 10.1. The Labute approximate surface area is 124 Å². The second-order valence-electron chi connectivity index (χ2n) is 5.10. The summed E-state index contributed by atoms with van der Waals surface area (Å²) >= 11 is 1.63. The molecule has 110 valence electrons. The van der Waals surface area contributed by atoms with Gasteiger partial charge in [-0.15, -0.1) is 0 Å². The van der Waals surface area contributed by atoms with Gasteiger partial charge in [0.1, 0.15) is 18.0 Å². The molecule has 1 aromatic rings. The first-order chi connectivity index (χ1) is 9.60. The Morgan fingerprint density at radius 3 is 2.95 bits per heavy atom. The number of benzene rings is 1. The first-order valence-corrected chi connectivity index (χ1v) is 8.18. The molecule has 0 saturated carbocycles. The van der Waals surface area contributed by atoms with Gasteiger partial charge in [-0.25, -0.2) is 0 Å². The van der Waals surface area contributed by atoms with E-state index in [0.29, 0.717) is 19.5 Å². The molecule has 4 nitrogen and oxygen atoms in total. The molecule has 1 fully saturated rings. The van der Waals surface area contributed by atoms with E-state index in [1.807, 2.05) is 37.4 Å². The zero-order valence-electron chi connectivity index (χ0n) is 11.9. The highest BCUT2D eigenvalue weighted by molar-refractivity contribution is 7.98. The number of carbonyl (C=O) groups is 1. The number of nitrogens with zero attached hydrogens (tertiary/aromatic N) is 1. The predicted octanol–water partition coefficient (Wildman–Crippen LogP) is 1.70. The number of aliphatic hydroxyl groups excluding tert-OH is 1. The quantitative estimate of drug-likeness (QED) is 0.868. The highest BCUT2D eigenvalue weighted by atomic mass is 32.2. The molecule has 0 aromatic heterocycles. The van der Waals surface area contributed by atoms with Gasteiger partial charge in [-0.2, -0.15) is 11.8 Å². The second-order valence-corrected chi connectivity index (χ2v) is 6.08. The van der Waals surface area contributed by atoms with Gasteiger partial charge < -0.3 is 14.7 Å². The minimum atomic E-state index is -0.873. The molecule has 1 aliphatic heterocycles. The number of carbonyl (C=O) groups excluding carboxylic acids is 1. The number of thioether (sulfide) groups is 1. The second kappa shape index (κ2) is 6.99. The van der Waals surface area contributed by atoms with Gasteiger partial charge >= 0.3 is 0 Å². The number of aliphatic hydroxyl groups is 1. The van der Waals surface area contributed by atoms with Gasteiger partial charge in [-0.05, 0) is 43.0 Å². The molecule has 0 bridgehead atoms. The van der Waals surface area contributed by atoms with Crippen molar-refractivity contribution in [2.75, 3.05) is 25.1 Å². The van der Waals surface area contributed by atoms with Crippen LogP contribution in [0.25, 0.3) is 0 Å². The van der Waals surface area contributed by atoms with Gasteiger partial charge in [-0.3, -0.25) is 4.79 Å². The molecular formula is C15H21NO3S. The molecule has 2 rings (SSSR count). The third kappa shape index (κ3) is 3.90. The van der Waals surface area contributed by atoms with Gasteiger partial charge in [0.15, 0.2) is 0 Å². The Morgan fingerprint density at radius 1 is 1.55 bits per heavy atom. The summed E-state index contributed by atoms with van der Waals surface area (Å²) in [7, 11) is 0. The Hall–Kier alpha value is -1.20. The average Bonchev–Trinajstić information content (AvgIpc) is 2.39. The van der Waals surface area contributed by atoms with Crippen LogP contribution in [-0.4, -0.2) is 53.2 Å². The van der Waals surface area contributed by atoms with E-state index in [0.717, 1.165) is 17.1 Å². The number of hydrogen-bond acceptors (Lipinski definition) is 4. The van der Waals surface area contributed by atoms with Crippen LogP contribution in [0.4, 0.5) is 0 Å². The third-order valence-electron chi connectivity index (χ3n) is 3.33. The lowest BCUT2D eigenvalue weighted by molar-refractivity contribution is -0.149. The van der Waals surface area contributed by atoms with E-state index in [4.69, 9.17) is 4.74 Å². The van der Waals surface area contributed by atoms with E-state index in [1.165, 1.54) is 0 Å². The van der Waals surface area contributed by atoms with Crippen LogP contribution in [0, 0.1) is 6.92 Å². The standard InChI is InChI=1S/C15H21NO3S/c1-11-4-3-5-12(8-11)19-13-9-16(10-13)15(18)14(17)6-7-20-2/h3-5,8,13-14,17H,6-7,9-10H2,1-2H3. The minimum Gasteiger partial charge on any atom is -0.487 e. The van der Waals surface area contributed by atoms with E-state index in [-0.39, 0.29) is 12.0 Å². The van der Waals surface area contributed by atoms with Gasteiger partial charge in [0, 0.05) is 0 Å². The summed E-state index contributed by atoms with van der Waals surface area (Å²) in [5, 5.41) is 9.75. The molecule has 20 heavy (non-hydrogen) atoms. The van der Waals surface area contributed by atoms with Crippen LogP contribution in [0.2, 0.25) is 0 Å². The summed E-state index contributed by atoms with van der Waals surface area (Å²) in [6.45, 7) is 3.14. The molecule has 5 heteroatoms. The average molecular weight is 295 g/mol. The predicted molar refractivity (Wildman–Crippen MR) is 81.2 cm³/mol. The smallest absolute Gasteiger partial charge is 0.251 e. The fraction of sp³-hybridized carbons (Fsp3) is 0.533. The molecule has 1 aromatic carbocycles. The van der Waals surface area contributed by atoms with Gasteiger partial charge in [-0.1, -0.05) is 12.1 Å². The van der Waals surface area contributed by atoms with E-state index in [1.54, 1.807) is 16.7 Å². The summed E-state index contributed by atoms with van der Waals surface area (Å²) in [4.78, 5) is 13.6. The minimum absolute atomic E-state index is 0.0356. The van der Waals surface area contributed by atoms with Crippen molar-refractivity contribution in [3.63, 3.8) is 0 Å². The molecule has 1 heterocycles. The SMILES string of the molecule is CSCCC(O)C(=O)N1CC(Oc2cccc(C)c2)C1. The van der Waals surface area contributed by atoms with Crippen LogP contribution < -0.4 is 4.74 Å². The summed E-state index contributed by atoms with van der Waals surface area (Å²) in [6.07, 6.45) is 1.64. The summed E-state index contributed by atoms with van der Waals surface area (Å²) in [6, 6.07) is 7.88. The first kappa shape index (κ1) is 15.2. The van der Waals surface area contributed by atoms with Crippen molar-refractivity contribution in [2.24, 2.45) is 0 Å².